The lowest BCUT2D eigenvalue weighted by Crippen LogP contribution is -2.19. The van der Waals surface area contributed by atoms with Crippen LogP contribution in [0.3, 0.4) is 0 Å². The van der Waals surface area contributed by atoms with Gasteiger partial charge in [-0.15, -0.1) is 10.2 Å². The highest BCUT2D eigenvalue weighted by atomic mass is 35.5. The third-order valence-corrected chi connectivity index (χ3v) is 3.62. The first-order valence-electron chi connectivity index (χ1n) is 6.09. The minimum Gasteiger partial charge on any atom is -0.396 e. The molecule has 0 saturated carbocycles. The second-order valence-electron chi connectivity index (χ2n) is 4.57. The summed E-state index contributed by atoms with van der Waals surface area (Å²) in [6.07, 6.45) is 2.02. The summed E-state index contributed by atoms with van der Waals surface area (Å²) in [7, 11) is 0. The van der Waals surface area contributed by atoms with Gasteiger partial charge in [0.1, 0.15) is 5.82 Å². The van der Waals surface area contributed by atoms with E-state index in [1.165, 1.54) is 0 Å². The number of aliphatic hydroxyl groups is 1. The summed E-state index contributed by atoms with van der Waals surface area (Å²) in [5.74, 6) is 1.84. The van der Waals surface area contributed by atoms with Gasteiger partial charge in [0.05, 0.1) is 6.61 Å². The number of benzene rings is 1. The molecule has 0 spiro atoms. The van der Waals surface area contributed by atoms with Gasteiger partial charge in [-0.2, -0.15) is 0 Å². The minimum atomic E-state index is 0.110. The Kier molecular flexibility index (Phi) is 3.06. The molecule has 2 heterocycles. The summed E-state index contributed by atoms with van der Waals surface area (Å²) in [6, 6.07) is 7.62. The molecule has 0 bridgehead atoms. The molecule has 1 N–H and O–H groups in total. The highest BCUT2D eigenvalue weighted by molar-refractivity contribution is 6.30. The number of hydrogen-bond acceptors (Lipinski definition) is 3. The fourth-order valence-corrected chi connectivity index (χ4v) is 2.67. The van der Waals surface area contributed by atoms with Gasteiger partial charge in [-0.1, -0.05) is 23.7 Å². The minimum absolute atomic E-state index is 0.110. The first-order valence-corrected chi connectivity index (χ1v) is 6.47. The van der Waals surface area contributed by atoms with Crippen molar-refractivity contribution >= 4 is 11.6 Å². The molecule has 1 atom stereocenters. The van der Waals surface area contributed by atoms with E-state index in [1.807, 2.05) is 24.3 Å². The van der Waals surface area contributed by atoms with Crippen LogP contribution in [0.5, 0.6) is 0 Å². The number of nitrogens with zero attached hydrogens (tertiary/aromatic N) is 3. The molecule has 1 unspecified atom stereocenters. The molecule has 0 fully saturated rings. The number of hydrogen-bond donors (Lipinski definition) is 1. The smallest absolute Gasteiger partial charge is 0.164 e. The summed E-state index contributed by atoms with van der Waals surface area (Å²) >= 11 is 6.00. The molecule has 1 aliphatic heterocycles. The van der Waals surface area contributed by atoms with Crippen LogP contribution in [0.15, 0.2) is 24.3 Å². The van der Waals surface area contributed by atoms with Gasteiger partial charge >= 0.3 is 0 Å². The standard InChI is InChI=1S/C13H14ClN3O/c14-11-5-1-3-9(7-11)12-15-16-13-10(8-18)4-2-6-17(12)13/h1,3,5,7,10,18H,2,4,6,8H2. The first kappa shape index (κ1) is 11.7. The van der Waals surface area contributed by atoms with Crippen LogP contribution in [0, 0.1) is 0 Å². The van der Waals surface area contributed by atoms with Gasteiger partial charge in [0.15, 0.2) is 5.82 Å². The van der Waals surface area contributed by atoms with Crippen molar-refractivity contribution in [2.75, 3.05) is 6.61 Å². The molecule has 4 nitrogen and oxygen atoms in total. The highest BCUT2D eigenvalue weighted by Crippen LogP contribution is 2.30. The topological polar surface area (TPSA) is 50.9 Å². The second kappa shape index (κ2) is 4.71. The Labute approximate surface area is 110 Å². The maximum absolute atomic E-state index is 9.36. The van der Waals surface area contributed by atoms with E-state index >= 15 is 0 Å². The van der Waals surface area contributed by atoms with Crippen molar-refractivity contribution in [1.82, 2.24) is 14.8 Å². The van der Waals surface area contributed by atoms with Gasteiger partial charge in [0, 0.05) is 23.0 Å². The van der Waals surface area contributed by atoms with Crippen molar-refractivity contribution in [2.24, 2.45) is 0 Å². The third-order valence-electron chi connectivity index (χ3n) is 3.38. The second-order valence-corrected chi connectivity index (χ2v) is 5.00. The van der Waals surface area contributed by atoms with Gasteiger partial charge < -0.3 is 9.67 Å². The first-order chi connectivity index (χ1) is 8.79. The summed E-state index contributed by atoms with van der Waals surface area (Å²) in [4.78, 5) is 0. The van der Waals surface area contributed by atoms with Crippen LogP contribution in [0.4, 0.5) is 0 Å². The Hall–Kier alpha value is -1.39. The summed E-state index contributed by atoms with van der Waals surface area (Å²) in [6.45, 7) is 1.04. The largest absolute Gasteiger partial charge is 0.396 e. The van der Waals surface area contributed by atoms with Gasteiger partial charge in [-0.25, -0.2) is 0 Å². The molecular formula is C13H14ClN3O. The Balaban J connectivity index is 2.07. The summed E-state index contributed by atoms with van der Waals surface area (Å²) < 4.78 is 2.09. The zero-order valence-corrected chi connectivity index (χ0v) is 10.6. The molecule has 1 aromatic heterocycles. The lowest BCUT2D eigenvalue weighted by atomic mass is 10.00. The maximum atomic E-state index is 9.36. The number of aromatic nitrogens is 3. The van der Waals surface area contributed by atoms with Crippen LogP contribution in [-0.4, -0.2) is 26.5 Å². The van der Waals surface area contributed by atoms with E-state index in [2.05, 4.69) is 14.8 Å². The van der Waals surface area contributed by atoms with E-state index in [4.69, 9.17) is 11.6 Å². The Morgan fingerprint density at radius 3 is 3.06 bits per heavy atom. The van der Waals surface area contributed by atoms with Crippen molar-refractivity contribution in [2.45, 2.75) is 25.3 Å². The van der Waals surface area contributed by atoms with Crippen molar-refractivity contribution in [1.29, 1.82) is 0 Å². The van der Waals surface area contributed by atoms with Crippen LogP contribution in [0.25, 0.3) is 11.4 Å². The average molecular weight is 264 g/mol. The predicted molar refractivity (Wildman–Crippen MR) is 69.5 cm³/mol. The molecule has 0 amide bonds. The zero-order chi connectivity index (χ0) is 12.5. The van der Waals surface area contributed by atoms with Crippen molar-refractivity contribution in [3.63, 3.8) is 0 Å². The van der Waals surface area contributed by atoms with Gasteiger partial charge in [-0.3, -0.25) is 0 Å². The molecule has 94 valence electrons. The zero-order valence-electron chi connectivity index (χ0n) is 9.88. The van der Waals surface area contributed by atoms with Crippen LogP contribution >= 0.6 is 11.6 Å². The monoisotopic (exact) mass is 263 g/mol. The van der Waals surface area contributed by atoms with Crippen molar-refractivity contribution in [3.8, 4) is 11.4 Å². The van der Waals surface area contributed by atoms with Crippen molar-refractivity contribution < 1.29 is 5.11 Å². The van der Waals surface area contributed by atoms with Crippen LogP contribution in [-0.2, 0) is 6.54 Å². The Bertz CT molecular complexity index is 567. The maximum Gasteiger partial charge on any atom is 0.164 e. The SMILES string of the molecule is OCC1CCCn2c(-c3cccc(Cl)c3)nnc21. The van der Waals surface area contributed by atoms with E-state index in [9.17, 15) is 5.11 Å². The summed E-state index contributed by atoms with van der Waals surface area (Å²) in [5.41, 5.74) is 0.972. The molecule has 2 aromatic rings. The molecule has 0 saturated heterocycles. The normalized spacial score (nSPS) is 18.7. The fourth-order valence-electron chi connectivity index (χ4n) is 2.48. The van der Waals surface area contributed by atoms with E-state index < -0.39 is 0 Å². The van der Waals surface area contributed by atoms with E-state index in [-0.39, 0.29) is 12.5 Å². The molecule has 0 aliphatic carbocycles. The van der Waals surface area contributed by atoms with E-state index in [0.717, 1.165) is 36.6 Å². The molecule has 18 heavy (non-hydrogen) atoms. The Morgan fingerprint density at radius 1 is 1.39 bits per heavy atom. The molecule has 0 radical (unpaired) electrons. The lowest BCUT2D eigenvalue weighted by molar-refractivity contribution is 0.238. The van der Waals surface area contributed by atoms with E-state index in [1.54, 1.807) is 0 Å². The van der Waals surface area contributed by atoms with Crippen LogP contribution in [0.2, 0.25) is 5.02 Å². The molecule has 5 heteroatoms. The van der Waals surface area contributed by atoms with E-state index in [0.29, 0.717) is 5.02 Å². The average Bonchev–Trinajstić information content (AvgIpc) is 2.82. The predicted octanol–water partition coefficient (Wildman–Crippen LogP) is 2.47. The number of halogens is 1. The van der Waals surface area contributed by atoms with Crippen LogP contribution < -0.4 is 0 Å². The van der Waals surface area contributed by atoms with Gasteiger partial charge in [0.2, 0.25) is 0 Å². The highest BCUT2D eigenvalue weighted by Gasteiger charge is 2.25. The quantitative estimate of drug-likeness (QED) is 0.906. The van der Waals surface area contributed by atoms with Crippen molar-refractivity contribution in [3.05, 3.63) is 35.1 Å². The van der Waals surface area contributed by atoms with Crippen LogP contribution in [0.1, 0.15) is 24.6 Å². The number of fused-ring (bicyclic) bond motifs is 1. The Morgan fingerprint density at radius 2 is 2.28 bits per heavy atom. The van der Waals surface area contributed by atoms with Gasteiger partial charge in [-0.05, 0) is 25.0 Å². The lowest BCUT2D eigenvalue weighted by Gasteiger charge is -2.21. The summed E-state index contributed by atoms with van der Waals surface area (Å²) in [5, 5.41) is 18.5. The third kappa shape index (κ3) is 1.91. The number of aliphatic hydroxyl groups excluding tert-OH is 1. The molecule has 1 aromatic carbocycles. The fraction of sp³-hybridized carbons (Fsp3) is 0.385. The molecule has 1 aliphatic rings. The molecular weight excluding hydrogens is 250 g/mol. The van der Waals surface area contributed by atoms with Gasteiger partial charge in [0.25, 0.3) is 0 Å². The molecule has 3 rings (SSSR count). The number of rotatable bonds is 2.